The molecule has 0 bridgehead atoms. The van der Waals surface area contributed by atoms with Crippen LogP contribution in [0.1, 0.15) is 13.3 Å². The van der Waals surface area contributed by atoms with E-state index in [1.54, 1.807) is 31.2 Å². The highest BCUT2D eigenvalue weighted by atomic mass is 35.5. The predicted molar refractivity (Wildman–Crippen MR) is 63.3 cm³/mol. The van der Waals surface area contributed by atoms with Gasteiger partial charge in [-0.3, -0.25) is 0 Å². The van der Waals surface area contributed by atoms with Crippen molar-refractivity contribution in [2.45, 2.75) is 19.4 Å². The summed E-state index contributed by atoms with van der Waals surface area (Å²) in [6.07, 6.45) is 0.281. The van der Waals surface area contributed by atoms with E-state index in [1.165, 1.54) is 0 Å². The number of hydrogen-bond donors (Lipinski definition) is 2. The monoisotopic (exact) mass is 237 g/mol. The number of carbonyl (C=O) groups excluding carboxylic acids is 1. The molecule has 84 valence electrons. The summed E-state index contributed by atoms with van der Waals surface area (Å²) in [5.74, 6) is 0. The molecule has 1 aromatic rings. The molecule has 0 aromatic heterocycles. The second-order valence-corrected chi connectivity index (χ2v) is 3.81. The van der Waals surface area contributed by atoms with Crippen molar-refractivity contribution in [3.8, 4) is 6.07 Å². The molecule has 1 aromatic carbocycles. The fourth-order valence-corrected chi connectivity index (χ4v) is 1.34. The van der Waals surface area contributed by atoms with Crippen LogP contribution in [-0.4, -0.2) is 12.1 Å². The van der Waals surface area contributed by atoms with E-state index in [4.69, 9.17) is 16.9 Å². The number of hydrogen-bond acceptors (Lipinski definition) is 2. The highest BCUT2D eigenvalue weighted by Crippen LogP contribution is 2.14. The van der Waals surface area contributed by atoms with Crippen LogP contribution in [0.15, 0.2) is 24.3 Å². The summed E-state index contributed by atoms with van der Waals surface area (Å²) in [5, 5.41) is 14.3. The Morgan fingerprint density at radius 2 is 2.38 bits per heavy atom. The minimum Gasteiger partial charge on any atom is -0.334 e. The third-order valence-corrected chi connectivity index (χ3v) is 2.09. The van der Waals surface area contributed by atoms with Crippen LogP contribution < -0.4 is 10.6 Å². The van der Waals surface area contributed by atoms with Crippen LogP contribution in [0.25, 0.3) is 0 Å². The summed E-state index contributed by atoms with van der Waals surface area (Å²) in [7, 11) is 0. The highest BCUT2D eigenvalue weighted by molar-refractivity contribution is 6.30. The maximum Gasteiger partial charge on any atom is 0.319 e. The lowest BCUT2D eigenvalue weighted by molar-refractivity contribution is 0.249. The number of carbonyl (C=O) groups is 1. The van der Waals surface area contributed by atoms with Crippen LogP contribution in [0.3, 0.4) is 0 Å². The van der Waals surface area contributed by atoms with Crippen molar-refractivity contribution in [3.05, 3.63) is 29.3 Å². The number of anilines is 1. The molecule has 2 amide bonds. The number of nitrogens with zero attached hydrogens (tertiary/aromatic N) is 1. The summed E-state index contributed by atoms with van der Waals surface area (Å²) in [4.78, 5) is 11.4. The summed E-state index contributed by atoms with van der Waals surface area (Å²) < 4.78 is 0. The Morgan fingerprint density at radius 3 is 3.00 bits per heavy atom. The summed E-state index contributed by atoms with van der Waals surface area (Å²) in [5.41, 5.74) is 0.620. The van der Waals surface area contributed by atoms with Gasteiger partial charge in [-0.2, -0.15) is 5.26 Å². The Hall–Kier alpha value is -1.73. The maximum absolute atomic E-state index is 11.4. The standard InChI is InChI=1S/C11H12ClN3O/c1-8(5-6-13)14-11(16)15-10-4-2-3-9(12)7-10/h2-4,7-8H,5H2,1H3,(H2,14,15,16). The van der Waals surface area contributed by atoms with Crippen LogP contribution in [0.5, 0.6) is 0 Å². The zero-order chi connectivity index (χ0) is 12.0. The first kappa shape index (κ1) is 12.3. The maximum atomic E-state index is 11.4. The average molecular weight is 238 g/mol. The third kappa shape index (κ3) is 4.20. The smallest absolute Gasteiger partial charge is 0.319 e. The topological polar surface area (TPSA) is 64.9 Å². The Kier molecular flexibility index (Phi) is 4.62. The van der Waals surface area contributed by atoms with Gasteiger partial charge in [0.1, 0.15) is 0 Å². The number of nitriles is 1. The average Bonchev–Trinajstić information content (AvgIpc) is 2.17. The van der Waals surface area contributed by atoms with E-state index in [2.05, 4.69) is 10.6 Å². The molecule has 1 rings (SSSR count). The van der Waals surface area contributed by atoms with E-state index in [-0.39, 0.29) is 18.5 Å². The second-order valence-electron chi connectivity index (χ2n) is 3.37. The Morgan fingerprint density at radius 1 is 1.62 bits per heavy atom. The van der Waals surface area contributed by atoms with Crippen molar-refractivity contribution in [1.29, 1.82) is 5.26 Å². The first-order valence-corrected chi connectivity index (χ1v) is 5.19. The number of benzene rings is 1. The van der Waals surface area contributed by atoms with Gasteiger partial charge in [-0.1, -0.05) is 17.7 Å². The number of urea groups is 1. The molecule has 4 nitrogen and oxygen atoms in total. The molecule has 0 aliphatic heterocycles. The first-order chi connectivity index (χ1) is 7.61. The molecule has 0 aliphatic carbocycles. The molecule has 0 radical (unpaired) electrons. The van der Waals surface area contributed by atoms with Gasteiger partial charge in [-0.25, -0.2) is 4.79 Å². The zero-order valence-corrected chi connectivity index (χ0v) is 9.58. The molecule has 0 saturated carbocycles. The van der Waals surface area contributed by atoms with Gasteiger partial charge in [0.25, 0.3) is 0 Å². The number of rotatable bonds is 3. The fraction of sp³-hybridized carbons (Fsp3) is 0.273. The molecule has 2 N–H and O–H groups in total. The molecular weight excluding hydrogens is 226 g/mol. The lowest BCUT2D eigenvalue weighted by Gasteiger charge is -2.11. The van der Waals surface area contributed by atoms with E-state index >= 15 is 0 Å². The van der Waals surface area contributed by atoms with E-state index in [9.17, 15) is 4.79 Å². The van der Waals surface area contributed by atoms with Crippen molar-refractivity contribution in [1.82, 2.24) is 5.32 Å². The Balaban J connectivity index is 2.49. The Labute approximate surface area is 99.2 Å². The third-order valence-electron chi connectivity index (χ3n) is 1.86. The summed E-state index contributed by atoms with van der Waals surface area (Å²) in [6, 6.07) is 8.32. The van der Waals surface area contributed by atoms with Gasteiger partial charge in [0.2, 0.25) is 0 Å². The van der Waals surface area contributed by atoms with Crippen LogP contribution in [-0.2, 0) is 0 Å². The summed E-state index contributed by atoms with van der Waals surface area (Å²) >= 11 is 5.77. The molecule has 0 saturated heterocycles. The van der Waals surface area contributed by atoms with E-state index < -0.39 is 0 Å². The van der Waals surface area contributed by atoms with Crippen molar-refractivity contribution in [2.75, 3.05) is 5.32 Å². The van der Waals surface area contributed by atoms with Crippen molar-refractivity contribution in [3.63, 3.8) is 0 Å². The van der Waals surface area contributed by atoms with Crippen LogP contribution in [0.2, 0.25) is 5.02 Å². The molecule has 1 atom stereocenters. The minimum atomic E-state index is -0.343. The molecular formula is C11H12ClN3O. The van der Waals surface area contributed by atoms with Gasteiger partial charge in [-0.15, -0.1) is 0 Å². The molecule has 0 heterocycles. The van der Waals surface area contributed by atoms with Crippen molar-refractivity contribution < 1.29 is 4.79 Å². The van der Waals surface area contributed by atoms with E-state index in [0.29, 0.717) is 10.7 Å². The lowest BCUT2D eigenvalue weighted by Crippen LogP contribution is -2.35. The SMILES string of the molecule is CC(CC#N)NC(=O)Nc1cccc(Cl)c1. The van der Waals surface area contributed by atoms with E-state index in [0.717, 1.165) is 0 Å². The first-order valence-electron chi connectivity index (χ1n) is 4.82. The number of nitrogens with one attached hydrogen (secondary N) is 2. The molecule has 0 fully saturated rings. The molecule has 5 heteroatoms. The number of halogens is 1. The molecule has 0 spiro atoms. The minimum absolute atomic E-state index is 0.177. The van der Waals surface area contributed by atoms with Crippen molar-refractivity contribution in [2.24, 2.45) is 0 Å². The van der Waals surface area contributed by atoms with Gasteiger partial charge in [0, 0.05) is 16.8 Å². The highest BCUT2D eigenvalue weighted by Gasteiger charge is 2.06. The lowest BCUT2D eigenvalue weighted by atomic mass is 10.2. The molecule has 0 aliphatic rings. The van der Waals surface area contributed by atoms with Gasteiger partial charge in [0.15, 0.2) is 0 Å². The quantitative estimate of drug-likeness (QED) is 0.849. The van der Waals surface area contributed by atoms with Crippen LogP contribution in [0, 0.1) is 11.3 Å². The largest absolute Gasteiger partial charge is 0.334 e. The van der Waals surface area contributed by atoms with Gasteiger partial charge in [0.05, 0.1) is 12.5 Å². The molecule has 16 heavy (non-hydrogen) atoms. The normalized spacial score (nSPS) is 11.3. The van der Waals surface area contributed by atoms with E-state index in [1.807, 2.05) is 6.07 Å². The van der Waals surface area contributed by atoms with Gasteiger partial charge >= 0.3 is 6.03 Å². The van der Waals surface area contributed by atoms with Crippen LogP contribution in [0.4, 0.5) is 10.5 Å². The second kappa shape index (κ2) is 5.99. The molecule has 1 unspecified atom stereocenters. The van der Waals surface area contributed by atoms with Crippen molar-refractivity contribution >= 4 is 23.3 Å². The van der Waals surface area contributed by atoms with Gasteiger partial charge in [-0.05, 0) is 25.1 Å². The van der Waals surface area contributed by atoms with Crippen LogP contribution >= 0.6 is 11.6 Å². The summed E-state index contributed by atoms with van der Waals surface area (Å²) in [6.45, 7) is 1.76. The predicted octanol–water partition coefficient (Wildman–Crippen LogP) is 2.76. The fourth-order valence-electron chi connectivity index (χ4n) is 1.15. The Bertz CT molecular complexity index is 414. The van der Waals surface area contributed by atoms with Gasteiger partial charge < -0.3 is 10.6 Å². The zero-order valence-electron chi connectivity index (χ0n) is 8.83. The number of amides is 2.